The van der Waals surface area contributed by atoms with Gasteiger partial charge in [-0.05, 0) is 30.5 Å². The van der Waals surface area contributed by atoms with E-state index in [1.54, 1.807) is 11.0 Å². The molecule has 24 heavy (non-hydrogen) atoms. The molecular weight excluding hydrogens is 310 g/mol. The lowest BCUT2D eigenvalue weighted by molar-refractivity contribution is -0.130. The molecule has 1 atom stereocenters. The summed E-state index contributed by atoms with van der Waals surface area (Å²) in [4.78, 5) is 27.6. The highest BCUT2D eigenvalue weighted by atomic mass is 16.7. The average molecular weight is 329 g/mol. The van der Waals surface area contributed by atoms with Gasteiger partial charge in [0, 0.05) is 24.9 Å². The lowest BCUT2D eigenvalue weighted by atomic mass is 9.82. The van der Waals surface area contributed by atoms with Crippen LogP contribution in [0.3, 0.4) is 0 Å². The molecule has 3 aliphatic rings. The van der Waals surface area contributed by atoms with E-state index in [0.717, 1.165) is 5.56 Å². The molecule has 1 unspecified atom stereocenters. The molecule has 0 aromatic heterocycles. The Labute approximate surface area is 140 Å². The van der Waals surface area contributed by atoms with Crippen molar-refractivity contribution in [3.63, 3.8) is 0 Å². The maximum atomic E-state index is 13.5. The minimum Gasteiger partial charge on any atom is -0.502 e. The third-order valence-electron chi connectivity index (χ3n) is 5.22. The quantitative estimate of drug-likeness (QED) is 0.794. The minimum atomic E-state index is -0.900. The molecule has 1 aromatic carbocycles. The molecule has 0 radical (unpaired) electrons. The van der Waals surface area contributed by atoms with Crippen molar-refractivity contribution in [2.24, 2.45) is 0 Å². The molecule has 0 spiro atoms. The van der Waals surface area contributed by atoms with E-state index in [1.807, 2.05) is 6.07 Å². The minimum absolute atomic E-state index is 0.0140. The Bertz CT molecular complexity index is 756. The molecule has 6 heteroatoms. The van der Waals surface area contributed by atoms with E-state index in [4.69, 9.17) is 14.2 Å². The Morgan fingerprint density at radius 3 is 2.79 bits per heavy atom. The zero-order chi connectivity index (χ0) is 16.9. The van der Waals surface area contributed by atoms with Crippen LogP contribution >= 0.6 is 0 Å². The molecule has 1 aromatic rings. The number of methoxy groups -OCH3 is 1. The summed E-state index contributed by atoms with van der Waals surface area (Å²) >= 11 is 0. The molecule has 4 rings (SSSR count). The van der Waals surface area contributed by atoms with Gasteiger partial charge in [-0.2, -0.15) is 0 Å². The van der Waals surface area contributed by atoms with Gasteiger partial charge in [-0.25, -0.2) is 0 Å². The summed E-state index contributed by atoms with van der Waals surface area (Å²) < 4.78 is 16.1. The van der Waals surface area contributed by atoms with Crippen molar-refractivity contribution in [2.45, 2.75) is 31.2 Å². The first-order chi connectivity index (χ1) is 11.5. The molecular formula is C18H19NO5. The van der Waals surface area contributed by atoms with Gasteiger partial charge in [0.15, 0.2) is 17.3 Å². The van der Waals surface area contributed by atoms with E-state index in [-0.39, 0.29) is 18.5 Å². The van der Waals surface area contributed by atoms with Gasteiger partial charge in [0.05, 0.1) is 12.9 Å². The molecule has 3 heterocycles. The van der Waals surface area contributed by atoms with E-state index < -0.39 is 5.54 Å². The summed E-state index contributed by atoms with van der Waals surface area (Å²) in [5.41, 5.74) is 0.609. The van der Waals surface area contributed by atoms with Crippen molar-refractivity contribution in [3.05, 3.63) is 35.6 Å². The smallest absolute Gasteiger partial charge is 0.231 e. The molecule has 126 valence electrons. The Balaban J connectivity index is 1.83. The van der Waals surface area contributed by atoms with Crippen molar-refractivity contribution < 1.29 is 23.8 Å². The third-order valence-corrected chi connectivity index (χ3v) is 5.22. The maximum Gasteiger partial charge on any atom is 0.231 e. The van der Waals surface area contributed by atoms with Crippen LogP contribution in [0.15, 0.2) is 24.5 Å². The Kier molecular flexibility index (Phi) is 3.30. The lowest BCUT2D eigenvalue weighted by Gasteiger charge is -2.36. The number of amides is 1. The van der Waals surface area contributed by atoms with Gasteiger partial charge in [0.1, 0.15) is 5.54 Å². The first-order valence-corrected chi connectivity index (χ1v) is 8.05. The standard InChI is InChI=1S/C18H19NO5/c1-11(22-2)9-18-5-3-16(20)19(18)6-4-12-7-14-15(24-10-23-14)8-13(12)17(18)21/h7-8H,1,3-6,9-10H2,2H3. The highest BCUT2D eigenvalue weighted by molar-refractivity contribution is 6.08. The first-order valence-electron chi connectivity index (χ1n) is 8.05. The molecule has 1 saturated heterocycles. The van der Waals surface area contributed by atoms with E-state index in [2.05, 4.69) is 6.58 Å². The summed E-state index contributed by atoms with van der Waals surface area (Å²) in [6.45, 7) is 4.55. The number of Topliss-reactive ketones (excluding diaryl/α,β-unsaturated/α-hetero) is 1. The zero-order valence-corrected chi connectivity index (χ0v) is 13.6. The number of benzene rings is 1. The molecule has 1 fully saturated rings. The van der Waals surface area contributed by atoms with E-state index in [9.17, 15) is 9.59 Å². The number of carbonyl (C=O) groups is 2. The first kappa shape index (κ1) is 15.1. The number of rotatable bonds is 3. The van der Waals surface area contributed by atoms with Crippen molar-refractivity contribution in [2.75, 3.05) is 20.4 Å². The average Bonchev–Trinajstić information content (AvgIpc) is 3.13. The number of fused-ring (bicyclic) bond motifs is 3. The van der Waals surface area contributed by atoms with Crippen LogP contribution in [-0.2, 0) is 16.0 Å². The number of carbonyl (C=O) groups excluding carboxylic acids is 2. The number of nitrogens with zero attached hydrogens (tertiary/aromatic N) is 1. The van der Waals surface area contributed by atoms with Crippen LogP contribution < -0.4 is 9.47 Å². The van der Waals surface area contributed by atoms with Gasteiger partial charge in [0.2, 0.25) is 12.7 Å². The fraction of sp³-hybridized carbons (Fsp3) is 0.444. The van der Waals surface area contributed by atoms with Gasteiger partial charge < -0.3 is 19.1 Å². The molecule has 6 nitrogen and oxygen atoms in total. The van der Waals surface area contributed by atoms with E-state index >= 15 is 0 Å². The predicted octanol–water partition coefficient (Wildman–Crippen LogP) is 2.07. The lowest BCUT2D eigenvalue weighted by Crippen LogP contribution is -2.51. The monoisotopic (exact) mass is 329 g/mol. The van der Waals surface area contributed by atoms with E-state index in [0.29, 0.717) is 55.0 Å². The SMILES string of the molecule is C=C(CC12CCC(=O)N1CCc1cc3c(cc1C2=O)OCO3)OC. The van der Waals surface area contributed by atoms with Gasteiger partial charge in [-0.15, -0.1) is 0 Å². The second-order valence-corrected chi connectivity index (χ2v) is 6.44. The maximum absolute atomic E-state index is 13.5. The second kappa shape index (κ2) is 5.26. The van der Waals surface area contributed by atoms with Crippen LogP contribution in [0.4, 0.5) is 0 Å². The number of hydrogen-bond acceptors (Lipinski definition) is 5. The van der Waals surface area contributed by atoms with Crippen molar-refractivity contribution in [3.8, 4) is 11.5 Å². The fourth-order valence-electron chi connectivity index (χ4n) is 3.94. The topological polar surface area (TPSA) is 65.1 Å². The molecule has 3 aliphatic heterocycles. The summed E-state index contributed by atoms with van der Waals surface area (Å²) in [5.74, 6) is 1.70. The summed E-state index contributed by atoms with van der Waals surface area (Å²) in [6, 6.07) is 3.62. The van der Waals surface area contributed by atoms with Gasteiger partial charge in [-0.3, -0.25) is 9.59 Å². The largest absolute Gasteiger partial charge is 0.502 e. The Morgan fingerprint density at radius 1 is 1.29 bits per heavy atom. The second-order valence-electron chi connectivity index (χ2n) is 6.44. The van der Waals surface area contributed by atoms with Gasteiger partial charge in [0.25, 0.3) is 0 Å². The van der Waals surface area contributed by atoms with Crippen LogP contribution in [0.2, 0.25) is 0 Å². The van der Waals surface area contributed by atoms with Crippen LogP contribution in [0.25, 0.3) is 0 Å². The predicted molar refractivity (Wildman–Crippen MR) is 85.0 cm³/mol. The molecule has 0 N–H and O–H groups in total. The normalized spacial score (nSPS) is 24.5. The zero-order valence-electron chi connectivity index (χ0n) is 13.6. The van der Waals surface area contributed by atoms with Crippen molar-refractivity contribution >= 4 is 11.7 Å². The van der Waals surface area contributed by atoms with Gasteiger partial charge in [-0.1, -0.05) is 6.58 Å². The van der Waals surface area contributed by atoms with Crippen molar-refractivity contribution in [1.29, 1.82) is 0 Å². The number of ketones is 1. The molecule has 1 amide bonds. The summed E-state index contributed by atoms with van der Waals surface area (Å²) in [7, 11) is 1.53. The molecule has 0 bridgehead atoms. The fourth-order valence-corrected chi connectivity index (χ4v) is 3.94. The highest BCUT2D eigenvalue weighted by Crippen LogP contribution is 2.44. The molecule has 0 aliphatic carbocycles. The van der Waals surface area contributed by atoms with Crippen molar-refractivity contribution in [1.82, 2.24) is 4.90 Å². The van der Waals surface area contributed by atoms with Crippen LogP contribution in [0.5, 0.6) is 11.5 Å². The number of hydrogen-bond donors (Lipinski definition) is 0. The summed E-state index contributed by atoms with van der Waals surface area (Å²) in [5, 5.41) is 0. The molecule has 0 saturated carbocycles. The highest BCUT2D eigenvalue weighted by Gasteiger charge is 2.53. The van der Waals surface area contributed by atoms with Crippen LogP contribution in [0, 0.1) is 0 Å². The number of ether oxygens (including phenoxy) is 3. The third kappa shape index (κ3) is 2.02. The Hall–Kier alpha value is -2.50. The van der Waals surface area contributed by atoms with Crippen LogP contribution in [0.1, 0.15) is 35.2 Å². The summed E-state index contributed by atoms with van der Waals surface area (Å²) in [6.07, 6.45) is 1.80. The van der Waals surface area contributed by atoms with E-state index in [1.165, 1.54) is 7.11 Å². The Morgan fingerprint density at radius 2 is 2.04 bits per heavy atom. The van der Waals surface area contributed by atoms with Crippen LogP contribution in [-0.4, -0.2) is 42.6 Å². The van der Waals surface area contributed by atoms with Gasteiger partial charge >= 0.3 is 0 Å².